The Bertz CT molecular complexity index is 212. The van der Waals surface area contributed by atoms with Crippen molar-refractivity contribution in [1.82, 2.24) is 4.98 Å². The molecule has 0 radical (unpaired) electrons. The Hall–Kier alpha value is -0.570. The van der Waals surface area contributed by atoms with E-state index in [1.807, 2.05) is 13.8 Å². The maximum Gasteiger partial charge on any atom is 0.266 e. The van der Waals surface area contributed by atoms with Crippen molar-refractivity contribution in [3.8, 4) is 0 Å². The Morgan fingerprint density at radius 3 is 2.25 bits per heavy atom. The molecule has 0 bridgehead atoms. The van der Waals surface area contributed by atoms with Crippen LogP contribution in [0.25, 0.3) is 0 Å². The lowest BCUT2D eigenvalue weighted by atomic mass is 10.4. The van der Waals surface area contributed by atoms with Crippen molar-refractivity contribution in [2.45, 2.75) is 13.8 Å². The van der Waals surface area contributed by atoms with E-state index < -0.39 is 0 Å². The van der Waals surface area contributed by atoms with Gasteiger partial charge in [0.05, 0.1) is 5.69 Å². The van der Waals surface area contributed by atoms with Gasteiger partial charge >= 0.3 is 0 Å². The summed E-state index contributed by atoms with van der Waals surface area (Å²) in [6, 6.07) is 0. The first-order chi connectivity index (χ1) is 3.70. The summed E-state index contributed by atoms with van der Waals surface area (Å²) in [4.78, 5) is 3.31. The van der Waals surface area contributed by atoms with Crippen LogP contribution in [0.15, 0.2) is 4.42 Å². The van der Waals surface area contributed by atoms with Crippen LogP contribution in [0.3, 0.4) is 0 Å². The van der Waals surface area contributed by atoms with Gasteiger partial charge in [-0.2, -0.15) is 0 Å². The fraction of sp³-hybridized carbons (Fsp3) is 0.400. The van der Waals surface area contributed by atoms with E-state index in [0.29, 0.717) is 4.84 Å². The zero-order valence-electron chi connectivity index (χ0n) is 4.82. The molecule has 1 rings (SSSR count). The molecule has 0 atom stereocenters. The van der Waals surface area contributed by atoms with Crippen LogP contribution < -0.4 is 0 Å². The Balaban J connectivity index is 3.35. The minimum atomic E-state index is 0.458. The first-order valence-corrected chi connectivity index (χ1v) is 2.77. The van der Waals surface area contributed by atoms with Crippen molar-refractivity contribution in [3.63, 3.8) is 0 Å². The molecule has 0 aromatic carbocycles. The number of hydrogen-bond acceptors (Lipinski definition) is 2. The molecule has 0 aliphatic heterocycles. The van der Waals surface area contributed by atoms with Crippen molar-refractivity contribution in [3.05, 3.63) is 16.3 Å². The predicted molar refractivity (Wildman–Crippen MR) is 33.4 cm³/mol. The number of aromatic amines is 1. The molecule has 0 amide bonds. The zero-order chi connectivity index (χ0) is 6.15. The van der Waals surface area contributed by atoms with Crippen LogP contribution in [0.2, 0.25) is 0 Å². The van der Waals surface area contributed by atoms with Gasteiger partial charge in [0.25, 0.3) is 4.84 Å². The average molecular weight is 129 g/mol. The Kier molecular flexibility index (Phi) is 1.21. The van der Waals surface area contributed by atoms with Crippen molar-refractivity contribution >= 4 is 12.2 Å². The van der Waals surface area contributed by atoms with Gasteiger partial charge in [-0.05, 0) is 26.1 Å². The topological polar surface area (TPSA) is 28.9 Å². The number of rotatable bonds is 0. The summed E-state index contributed by atoms with van der Waals surface area (Å²) in [7, 11) is 0. The lowest BCUT2D eigenvalue weighted by molar-refractivity contribution is 0.510. The Morgan fingerprint density at radius 1 is 1.50 bits per heavy atom. The quantitative estimate of drug-likeness (QED) is 0.542. The second-order valence-electron chi connectivity index (χ2n) is 1.70. The first kappa shape index (κ1) is 5.56. The van der Waals surface area contributed by atoms with E-state index in [2.05, 4.69) is 4.98 Å². The van der Waals surface area contributed by atoms with Crippen molar-refractivity contribution in [1.29, 1.82) is 0 Å². The molecule has 2 nitrogen and oxygen atoms in total. The summed E-state index contributed by atoms with van der Waals surface area (Å²) < 4.78 is 4.97. The predicted octanol–water partition coefficient (Wildman–Crippen LogP) is 1.95. The lowest BCUT2D eigenvalue weighted by Gasteiger charge is -1.77. The maximum atomic E-state index is 4.97. The number of oxazole rings is 1. The van der Waals surface area contributed by atoms with Gasteiger partial charge in [-0.3, -0.25) is 0 Å². The molecule has 8 heavy (non-hydrogen) atoms. The third-order valence-electron chi connectivity index (χ3n) is 1.06. The molecule has 1 aromatic heterocycles. The van der Waals surface area contributed by atoms with Crippen LogP contribution >= 0.6 is 12.2 Å². The number of aromatic nitrogens is 1. The van der Waals surface area contributed by atoms with Crippen LogP contribution in [-0.4, -0.2) is 4.98 Å². The maximum absolute atomic E-state index is 4.97. The van der Waals surface area contributed by atoms with Crippen molar-refractivity contribution in [2.24, 2.45) is 0 Å². The molecule has 0 saturated carbocycles. The van der Waals surface area contributed by atoms with Gasteiger partial charge in [-0.15, -0.1) is 0 Å². The molecular weight excluding hydrogens is 122 g/mol. The van der Waals surface area contributed by atoms with E-state index in [0.717, 1.165) is 11.5 Å². The minimum Gasteiger partial charge on any atom is -0.435 e. The monoisotopic (exact) mass is 129 g/mol. The molecule has 0 saturated heterocycles. The number of aryl methyl sites for hydroxylation is 2. The molecule has 1 aromatic rings. The van der Waals surface area contributed by atoms with E-state index in [-0.39, 0.29) is 0 Å². The fourth-order valence-electron chi connectivity index (χ4n) is 0.482. The normalized spacial score (nSPS) is 9.75. The zero-order valence-corrected chi connectivity index (χ0v) is 5.63. The van der Waals surface area contributed by atoms with E-state index in [9.17, 15) is 0 Å². The molecule has 1 N–H and O–H groups in total. The highest BCUT2D eigenvalue weighted by Gasteiger charge is 1.92. The second kappa shape index (κ2) is 1.74. The third kappa shape index (κ3) is 0.816. The van der Waals surface area contributed by atoms with Gasteiger partial charge in [0.2, 0.25) is 0 Å². The molecule has 0 aliphatic carbocycles. The van der Waals surface area contributed by atoms with Gasteiger partial charge in [0.1, 0.15) is 5.76 Å². The van der Waals surface area contributed by atoms with Crippen molar-refractivity contribution in [2.75, 3.05) is 0 Å². The smallest absolute Gasteiger partial charge is 0.266 e. The summed E-state index contributed by atoms with van der Waals surface area (Å²) in [5.41, 5.74) is 1.01. The number of nitrogens with one attached hydrogen (secondary N) is 1. The van der Waals surface area contributed by atoms with E-state index >= 15 is 0 Å². The third-order valence-corrected chi connectivity index (χ3v) is 1.25. The summed E-state index contributed by atoms with van der Waals surface area (Å²) in [5.74, 6) is 0.870. The standard InChI is InChI=1S/C5H7NOS/c1-3-4(2)7-5(8)6-3/h1-2H3,(H,6,8). The highest BCUT2D eigenvalue weighted by atomic mass is 32.1. The van der Waals surface area contributed by atoms with Crippen LogP contribution in [0.5, 0.6) is 0 Å². The highest BCUT2D eigenvalue weighted by molar-refractivity contribution is 7.71. The summed E-state index contributed by atoms with van der Waals surface area (Å²) >= 11 is 4.70. The van der Waals surface area contributed by atoms with Crippen LogP contribution in [-0.2, 0) is 0 Å². The largest absolute Gasteiger partial charge is 0.435 e. The summed E-state index contributed by atoms with van der Waals surface area (Å²) in [6.07, 6.45) is 0. The van der Waals surface area contributed by atoms with E-state index in [1.54, 1.807) is 0 Å². The molecule has 0 spiro atoms. The SMILES string of the molecule is Cc1[nH]c(=S)oc1C. The molecular formula is C5H7NOS. The van der Waals surface area contributed by atoms with Crippen molar-refractivity contribution < 1.29 is 4.42 Å². The van der Waals surface area contributed by atoms with Gasteiger partial charge in [-0.1, -0.05) is 0 Å². The average Bonchev–Trinajstić information content (AvgIpc) is 1.85. The van der Waals surface area contributed by atoms with Gasteiger partial charge in [0, 0.05) is 0 Å². The van der Waals surface area contributed by atoms with Crippen LogP contribution in [0, 0.1) is 18.7 Å². The molecule has 3 heteroatoms. The van der Waals surface area contributed by atoms with Crippen LogP contribution in [0.4, 0.5) is 0 Å². The van der Waals surface area contributed by atoms with E-state index in [4.69, 9.17) is 16.6 Å². The van der Waals surface area contributed by atoms with Gasteiger partial charge in [0.15, 0.2) is 0 Å². The Morgan fingerprint density at radius 2 is 2.12 bits per heavy atom. The summed E-state index contributed by atoms with van der Waals surface area (Å²) in [5, 5.41) is 0. The number of H-pyrrole nitrogens is 1. The molecule has 0 unspecified atom stereocenters. The molecule has 0 aliphatic rings. The molecule has 44 valence electrons. The van der Waals surface area contributed by atoms with Gasteiger partial charge < -0.3 is 9.40 Å². The Labute approximate surface area is 52.5 Å². The van der Waals surface area contributed by atoms with Gasteiger partial charge in [-0.25, -0.2) is 0 Å². The molecule has 1 heterocycles. The number of hydrogen-bond donors (Lipinski definition) is 1. The summed E-state index contributed by atoms with van der Waals surface area (Å²) in [6.45, 7) is 3.80. The van der Waals surface area contributed by atoms with Crippen LogP contribution in [0.1, 0.15) is 11.5 Å². The molecule has 0 fully saturated rings. The first-order valence-electron chi connectivity index (χ1n) is 2.36. The lowest BCUT2D eigenvalue weighted by Crippen LogP contribution is -1.69. The van der Waals surface area contributed by atoms with E-state index in [1.165, 1.54) is 0 Å². The fourth-order valence-corrected chi connectivity index (χ4v) is 0.760. The highest BCUT2D eigenvalue weighted by Crippen LogP contribution is 2.02. The second-order valence-corrected chi connectivity index (χ2v) is 2.07. The minimum absolute atomic E-state index is 0.458.